The summed E-state index contributed by atoms with van der Waals surface area (Å²) in [5, 5.41) is 0. The van der Waals surface area contributed by atoms with E-state index in [0.717, 1.165) is 69.6 Å². The Balaban J connectivity index is 0.0000212. The van der Waals surface area contributed by atoms with Gasteiger partial charge in [-0.2, -0.15) is 0 Å². The Bertz CT molecular complexity index is 1120. The molecule has 1 aromatic rings. The summed E-state index contributed by atoms with van der Waals surface area (Å²) in [6.45, 7) is 4.74. The first-order valence-corrected chi connectivity index (χ1v) is 19.5. The van der Waals surface area contributed by atoms with Crippen molar-refractivity contribution in [1.82, 2.24) is 0 Å². The number of carbonyl (C=O) groups is 2. The minimum absolute atomic E-state index is 0. The summed E-state index contributed by atoms with van der Waals surface area (Å²) in [7, 11) is -4.81. The fourth-order valence-corrected chi connectivity index (χ4v) is 5.66. The number of benzene rings is 1. The van der Waals surface area contributed by atoms with Gasteiger partial charge in [-0.3, -0.25) is 0 Å². The minimum atomic E-state index is -4.81. The van der Waals surface area contributed by atoms with Gasteiger partial charge < -0.3 is 14.0 Å². The van der Waals surface area contributed by atoms with Crippen molar-refractivity contribution in [3.8, 4) is 0 Å². The zero-order chi connectivity index (χ0) is 33.7. The number of hydrogen-bond acceptors (Lipinski definition) is 7. The van der Waals surface area contributed by atoms with Gasteiger partial charge in [-0.15, -0.1) is 0 Å². The van der Waals surface area contributed by atoms with Crippen LogP contribution in [0.3, 0.4) is 0 Å². The molecule has 7 nitrogen and oxygen atoms in total. The third kappa shape index (κ3) is 24.9. The predicted octanol–water partition coefficient (Wildman–Crippen LogP) is 7.64. The van der Waals surface area contributed by atoms with Gasteiger partial charge in [0.1, 0.15) is 10.1 Å². The Labute approximate surface area is 329 Å². The van der Waals surface area contributed by atoms with Crippen molar-refractivity contribution >= 4 is 22.1 Å². The average Bonchev–Trinajstić information content (AvgIpc) is 3.04. The molecule has 0 aliphatic rings. The maximum Gasteiger partial charge on any atom is 1.00 e. The molecule has 0 heterocycles. The zero-order valence-electron chi connectivity index (χ0n) is 29.8. The van der Waals surface area contributed by atoms with Gasteiger partial charge in [0.2, 0.25) is 0 Å². The number of ether oxygens (including phenoxy) is 2. The molecule has 262 valence electrons. The molecule has 0 aliphatic carbocycles. The molecule has 1 aromatic carbocycles. The molecule has 0 N–H and O–H groups in total. The number of hydrogen-bond donors (Lipinski definition) is 0. The first-order chi connectivity index (χ1) is 22.3. The molecule has 0 atom stereocenters. The van der Waals surface area contributed by atoms with Crippen LogP contribution in [0.4, 0.5) is 0 Å². The van der Waals surface area contributed by atoms with Crippen LogP contribution in [0.1, 0.15) is 176 Å². The number of unbranched alkanes of at least 4 members (excludes halogenated alkanes) is 18. The summed E-state index contributed by atoms with van der Waals surface area (Å²) in [5.74, 6) is -1.56. The van der Waals surface area contributed by atoms with Crippen molar-refractivity contribution in [2.75, 3.05) is 13.2 Å². The zero-order valence-corrected chi connectivity index (χ0v) is 33.7. The Hall–Kier alpha value is -0.814. The largest absolute Gasteiger partial charge is 1.00 e. The smallest absolute Gasteiger partial charge is 0.744 e. The van der Waals surface area contributed by atoms with Gasteiger partial charge >= 0.3 is 63.3 Å². The molecule has 47 heavy (non-hydrogen) atoms. The molecule has 0 unspecified atom stereocenters. The molecule has 0 bridgehead atoms. The summed E-state index contributed by atoms with van der Waals surface area (Å²) in [4.78, 5) is 25.0. The quantitative estimate of drug-likeness (QED) is 0.0278. The molecule has 1 rings (SSSR count). The van der Waals surface area contributed by atoms with Crippen LogP contribution >= 0.6 is 0 Å². The normalized spacial score (nSPS) is 11.6. The first-order valence-electron chi connectivity index (χ1n) is 18.0. The van der Waals surface area contributed by atoms with Gasteiger partial charge in [-0.1, -0.05) is 128 Å². The third-order valence-electron chi connectivity index (χ3n) is 7.96. The van der Waals surface area contributed by atoms with Gasteiger partial charge in [0.05, 0.1) is 29.2 Å². The Kier molecular flexibility index (Phi) is 30.6. The van der Waals surface area contributed by atoms with E-state index in [1.165, 1.54) is 77.0 Å². The third-order valence-corrected chi connectivity index (χ3v) is 8.79. The summed E-state index contributed by atoms with van der Waals surface area (Å²) >= 11 is 0. The van der Waals surface area contributed by atoms with E-state index in [0.29, 0.717) is 12.8 Å². The summed E-state index contributed by atoms with van der Waals surface area (Å²) in [6.07, 6.45) is 33.6. The maximum absolute atomic E-state index is 12.8. The molecule has 0 saturated heterocycles. The van der Waals surface area contributed by atoms with E-state index in [1.807, 2.05) is 0 Å². The Morgan fingerprint density at radius 2 is 0.936 bits per heavy atom. The second kappa shape index (κ2) is 31.2. The van der Waals surface area contributed by atoms with Crippen molar-refractivity contribution in [2.24, 2.45) is 0 Å². The van der Waals surface area contributed by atoms with Crippen molar-refractivity contribution in [3.63, 3.8) is 0 Å². The standard InChI is InChI=1S/C38H62O7S.K/c1-3-5-7-9-11-13-15-17-19-21-23-25-27-31-44-37(39)35-30-29-34(46(41,42)43)33-36(35)38(40)45-32-28-26-24-22-20-18-16-14-12-10-8-6-4-2;/h7-10,29-30,33H,3-6,11-28,31-32H2,1-2H3,(H,41,42,43);/q;+1/p-1/b9-7+,10-8+;. The average molecular weight is 701 g/mol. The van der Waals surface area contributed by atoms with Crippen LogP contribution < -0.4 is 51.4 Å². The molecule has 0 aliphatic heterocycles. The first kappa shape index (κ1) is 46.2. The number of carbonyl (C=O) groups excluding carboxylic acids is 2. The number of allylic oxidation sites excluding steroid dienone is 4. The topological polar surface area (TPSA) is 110 Å². The SMILES string of the molecule is CCC/C=C/CCCCCCCCCCOC(=O)c1ccc(S(=O)(=O)[O-])cc1C(=O)OCCCCCCCCCC/C=C/CCC.[K+]. The van der Waals surface area contributed by atoms with Crippen LogP contribution in [-0.2, 0) is 19.6 Å². The maximum atomic E-state index is 12.8. The van der Waals surface area contributed by atoms with E-state index < -0.39 is 27.0 Å². The van der Waals surface area contributed by atoms with Crippen LogP contribution in [0.5, 0.6) is 0 Å². The molecule has 0 aromatic heterocycles. The predicted molar refractivity (Wildman–Crippen MR) is 186 cm³/mol. The summed E-state index contributed by atoms with van der Waals surface area (Å²) < 4.78 is 45.5. The number of esters is 2. The second-order valence-corrected chi connectivity index (χ2v) is 13.6. The number of rotatable bonds is 29. The van der Waals surface area contributed by atoms with Gasteiger partial charge in [0.25, 0.3) is 0 Å². The molecule has 0 spiro atoms. The van der Waals surface area contributed by atoms with Crippen molar-refractivity contribution in [3.05, 3.63) is 53.6 Å². The molecule has 0 saturated carbocycles. The van der Waals surface area contributed by atoms with Crippen LogP contribution in [0, 0.1) is 0 Å². The van der Waals surface area contributed by atoms with Crippen LogP contribution in [0.15, 0.2) is 47.4 Å². The van der Waals surface area contributed by atoms with Crippen LogP contribution in [-0.4, -0.2) is 38.1 Å². The molecule has 9 heteroatoms. The van der Waals surface area contributed by atoms with Crippen molar-refractivity contribution < 1.29 is 83.4 Å². The molecule has 0 fully saturated rings. The van der Waals surface area contributed by atoms with Gasteiger partial charge in [-0.05, 0) is 69.6 Å². The van der Waals surface area contributed by atoms with Crippen LogP contribution in [0.2, 0.25) is 0 Å². The molecule has 0 radical (unpaired) electrons. The van der Waals surface area contributed by atoms with E-state index in [2.05, 4.69) is 38.2 Å². The Morgan fingerprint density at radius 3 is 1.34 bits per heavy atom. The fourth-order valence-electron chi connectivity index (χ4n) is 5.17. The molecule has 0 amide bonds. The summed E-state index contributed by atoms with van der Waals surface area (Å²) in [6, 6.07) is 3.10. The minimum Gasteiger partial charge on any atom is -0.744 e. The monoisotopic (exact) mass is 700 g/mol. The van der Waals surface area contributed by atoms with E-state index in [4.69, 9.17) is 9.47 Å². The molecular weight excluding hydrogens is 640 g/mol. The Morgan fingerprint density at radius 1 is 0.574 bits per heavy atom. The van der Waals surface area contributed by atoms with Gasteiger partial charge in [0.15, 0.2) is 0 Å². The van der Waals surface area contributed by atoms with Crippen molar-refractivity contribution in [1.29, 1.82) is 0 Å². The van der Waals surface area contributed by atoms with Crippen LogP contribution in [0.25, 0.3) is 0 Å². The van der Waals surface area contributed by atoms with E-state index >= 15 is 0 Å². The molecular formula is C38H61KO7S. The van der Waals surface area contributed by atoms with Gasteiger partial charge in [0, 0.05) is 0 Å². The second-order valence-electron chi connectivity index (χ2n) is 12.2. The van der Waals surface area contributed by atoms with Gasteiger partial charge in [-0.25, -0.2) is 18.0 Å². The summed E-state index contributed by atoms with van der Waals surface area (Å²) in [5.41, 5.74) is -0.352. The van der Waals surface area contributed by atoms with E-state index in [1.54, 1.807) is 0 Å². The van der Waals surface area contributed by atoms with E-state index in [9.17, 15) is 22.6 Å². The van der Waals surface area contributed by atoms with E-state index in [-0.39, 0.29) is 75.7 Å². The van der Waals surface area contributed by atoms with Crippen molar-refractivity contribution in [2.45, 2.75) is 160 Å². The fraction of sp³-hybridized carbons (Fsp3) is 0.684.